The van der Waals surface area contributed by atoms with E-state index in [4.69, 9.17) is 0 Å². The minimum Gasteiger partial charge on any atom is -0.378 e. The summed E-state index contributed by atoms with van der Waals surface area (Å²) in [5, 5.41) is 10.7. The number of amides is 2. The average molecular weight is 280 g/mol. The van der Waals surface area contributed by atoms with Gasteiger partial charge in [-0.1, -0.05) is 6.42 Å². The van der Waals surface area contributed by atoms with Crippen molar-refractivity contribution in [1.82, 2.24) is 9.80 Å². The van der Waals surface area contributed by atoms with Crippen LogP contribution in [0.15, 0.2) is 0 Å². The summed E-state index contributed by atoms with van der Waals surface area (Å²) in [5.74, 6) is -0.222. The molecule has 0 aromatic heterocycles. The van der Waals surface area contributed by atoms with Crippen molar-refractivity contribution in [1.29, 1.82) is 0 Å². The molecule has 20 heavy (non-hydrogen) atoms. The fourth-order valence-corrected chi connectivity index (χ4v) is 3.97. The minimum atomic E-state index is -1.36. The van der Waals surface area contributed by atoms with E-state index in [2.05, 4.69) is 0 Å². The van der Waals surface area contributed by atoms with Crippen LogP contribution in [0.3, 0.4) is 0 Å². The van der Waals surface area contributed by atoms with Crippen molar-refractivity contribution in [3.63, 3.8) is 0 Å². The molecule has 2 aliphatic heterocycles. The number of hydrogen-bond donors (Lipinski definition) is 1. The number of β-amino-alcohol motifs (C(OH)–C–C–N with tert-alkyl or cyclic N) is 1. The van der Waals surface area contributed by atoms with Crippen molar-refractivity contribution in [2.45, 2.75) is 51.0 Å². The molecule has 3 fully saturated rings. The fourth-order valence-electron chi connectivity index (χ4n) is 3.97. The molecule has 2 heterocycles. The van der Waals surface area contributed by atoms with Crippen LogP contribution in [-0.2, 0) is 9.59 Å². The predicted octanol–water partition coefficient (Wildman–Crippen LogP) is 0.762. The van der Waals surface area contributed by atoms with Gasteiger partial charge in [-0.15, -0.1) is 0 Å². The van der Waals surface area contributed by atoms with Gasteiger partial charge in [-0.25, -0.2) is 0 Å². The largest absolute Gasteiger partial charge is 0.378 e. The molecule has 0 aromatic carbocycles. The van der Waals surface area contributed by atoms with E-state index < -0.39 is 5.60 Å². The normalized spacial score (nSPS) is 32.3. The Labute approximate surface area is 119 Å². The predicted molar refractivity (Wildman–Crippen MR) is 73.9 cm³/mol. The van der Waals surface area contributed by atoms with Crippen LogP contribution in [0.1, 0.15) is 45.4 Å². The lowest BCUT2D eigenvalue weighted by Gasteiger charge is -2.41. The van der Waals surface area contributed by atoms with E-state index in [1.165, 1.54) is 26.2 Å². The molecule has 1 atom stereocenters. The number of hydrogen-bond acceptors (Lipinski definition) is 3. The van der Waals surface area contributed by atoms with Gasteiger partial charge in [-0.3, -0.25) is 9.59 Å². The number of nitrogens with zero attached hydrogens (tertiary/aromatic N) is 2. The van der Waals surface area contributed by atoms with Gasteiger partial charge >= 0.3 is 0 Å². The number of rotatable bonds is 1. The van der Waals surface area contributed by atoms with Gasteiger partial charge in [-0.2, -0.15) is 0 Å². The van der Waals surface area contributed by atoms with E-state index in [1.54, 1.807) is 4.90 Å². The third-order valence-electron chi connectivity index (χ3n) is 5.45. The van der Waals surface area contributed by atoms with Crippen molar-refractivity contribution in [2.75, 3.05) is 26.2 Å². The summed E-state index contributed by atoms with van der Waals surface area (Å²) in [5.41, 5.74) is -1.01. The molecule has 5 nitrogen and oxygen atoms in total. The summed E-state index contributed by atoms with van der Waals surface area (Å²) >= 11 is 0. The number of aliphatic hydroxyl groups is 1. The molecule has 0 radical (unpaired) electrons. The summed E-state index contributed by atoms with van der Waals surface area (Å²) in [4.78, 5) is 27.6. The van der Waals surface area contributed by atoms with E-state index in [0.717, 1.165) is 19.5 Å². The first-order valence-corrected chi connectivity index (χ1v) is 7.72. The second-order valence-corrected chi connectivity index (χ2v) is 6.91. The van der Waals surface area contributed by atoms with Gasteiger partial charge in [0.2, 0.25) is 5.91 Å². The van der Waals surface area contributed by atoms with Crippen molar-refractivity contribution in [3.8, 4) is 0 Å². The average Bonchev–Trinajstić information content (AvgIpc) is 2.83. The molecule has 2 saturated heterocycles. The zero-order valence-corrected chi connectivity index (χ0v) is 12.2. The summed E-state index contributed by atoms with van der Waals surface area (Å²) in [6.07, 6.45) is 5.94. The molecule has 1 aliphatic carbocycles. The van der Waals surface area contributed by atoms with E-state index in [0.29, 0.717) is 24.8 Å². The Balaban J connectivity index is 1.68. The first-order chi connectivity index (χ1) is 9.44. The molecule has 3 aliphatic rings. The molecule has 0 bridgehead atoms. The molecule has 3 rings (SSSR count). The smallest absolute Gasteiger partial charge is 0.256 e. The zero-order valence-electron chi connectivity index (χ0n) is 12.2. The van der Waals surface area contributed by atoms with Crippen LogP contribution in [0.2, 0.25) is 0 Å². The monoisotopic (exact) mass is 280 g/mol. The molecule has 0 aromatic rings. The first kappa shape index (κ1) is 13.9. The SMILES string of the molecule is CC(=O)N1CCC[C@](O)(C(=O)N2CCC3(CCC3)C2)C1. The minimum absolute atomic E-state index is 0.0622. The summed E-state index contributed by atoms with van der Waals surface area (Å²) < 4.78 is 0. The Kier molecular flexibility index (Phi) is 3.27. The highest BCUT2D eigenvalue weighted by Crippen LogP contribution is 2.48. The van der Waals surface area contributed by atoms with Gasteiger partial charge in [0, 0.05) is 26.6 Å². The van der Waals surface area contributed by atoms with Crippen LogP contribution >= 0.6 is 0 Å². The Hall–Kier alpha value is -1.10. The van der Waals surface area contributed by atoms with Gasteiger partial charge < -0.3 is 14.9 Å². The molecule has 0 unspecified atom stereocenters. The lowest BCUT2D eigenvalue weighted by molar-refractivity contribution is -0.159. The van der Waals surface area contributed by atoms with Crippen LogP contribution in [0.25, 0.3) is 0 Å². The topological polar surface area (TPSA) is 60.9 Å². The Morgan fingerprint density at radius 3 is 2.25 bits per heavy atom. The van der Waals surface area contributed by atoms with Gasteiger partial charge in [0.1, 0.15) is 0 Å². The second kappa shape index (κ2) is 4.72. The third kappa shape index (κ3) is 2.22. The van der Waals surface area contributed by atoms with Crippen molar-refractivity contribution < 1.29 is 14.7 Å². The quantitative estimate of drug-likeness (QED) is 0.771. The van der Waals surface area contributed by atoms with Crippen molar-refractivity contribution >= 4 is 11.8 Å². The van der Waals surface area contributed by atoms with E-state index in [1.807, 2.05) is 4.90 Å². The molecule has 112 valence electrons. The summed E-state index contributed by atoms with van der Waals surface area (Å²) in [6.45, 7) is 3.87. The van der Waals surface area contributed by atoms with Crippen LogP contribution in [0.5, 0.6) is 0 Å². The molecule has 1 spiro atoms. The highest BCUT2D eigenvalue weighted by atomic mass is 16.3. The highest BCUT2D eigenvalue weighted by Gasteiger charge is 2.49. The number of likely N-dealkylation sites (tertiary alicyclic amines) is 2. The molecule has 1 saturated carbocycles. The first-order valence-electron chi connectivity index (χ1n) is 7.72. The lowest BCUT2D eigenvalue weighted by Crippen LogP contribution is -2.58. The summed E-state index contributed by atoms with van der Waals surface area (Å²) in [7, 11) is 0. The fraction of sp³-hybridized carbons (Fsp3) is 0.867. The maximum Gasteiger partial charge on any atom is 0.256 e. The Morgan fingerprint density at radius 2 is 1.70 bits per heavy atom. The van der Waals surface area contributed by atoms with Crippen LogP contribution in [0, 0.1) is 5.41 Å². The Morgan fingerprint density at radius 1 is 0.950 bits per heavy atom. The molecule has 1 N–H and O–H groups in total. The van der Waals surface area contributed by atoms with Crippen LogP contribution in [0.4, 0.5) is 0 Å². The van der Waals surface area contributed by atoms with Crippen molar-refractivity contribution in [2.24, 2.45) is 5.41 Å². The number of carbonyl (C=O) groups is 2. The number of carbonyl (C=O) groups excluding carboxylic acids is 2. The second-order valence-electron chi connectivity index (χ2n) is 6.91. The van der Waals surface area contributed by atoms with Crippen LogP contribution in [-0.4, -0.2) is 58.5 Å². The Bertz CT molecular complexity index is 433. The third-order valence-corrected chi connectivity index (χ3v) is 5.45. The highest BCUT2D eigenvalue weighted by molar-refractivity contribution is 5.86. The standard InChI is InChI=1S/C15H24N2O3/c1-12(18)16-8-3-6-15(20,11-16)13(19)17-9-7-14(10-17)4-2-5-14/h20H,2-11H2,1H3/t15-/m1/s1. The van der Waals surface area contributed by atoms with Gasteiger partial charge in [0.05, 0.1) is 6.54 Å². The van der Waals surface area contributed by atoms with E-state index in [-0.39, 0.29) is 18.4 Å². The maximum absolute atomic E-state index is 12.7. The maximum atomic E-state index is 12.7. The zero-order chi connectivity index (χ0) is 14.4. The number of piperidine rings is 1. The molecular weight excluding hydrogens is 256 g/mol. The van der Waals surface area contributed by atoms with Gasteiger partial charge in [0.25, 0.3) is 5.91 Å². The molecule has 5 heteroatoms. The van der Waals surface area contributed by atoms with Gasteiger partial charge in [0.15, 0.2) is 5.60 Å². The van der Waals surface area contributed by atoms with Crippen LogP contribution < -0.4 is 0 Å². The lowest BCUT2D eigenvalue weighted by atomic mass is 9.68. The molecular formula is C15H24N2O3. The molecule has 2 amide bonds. The van der Waals surface area contributed by atoms with E-state index in [9.17, 15) is 14.7 Å². The summed E-state index contributed by atoms with van der Waals surface area (Å²) in [6, 6.07) is 0. The van der Waals surface area contributed by atoms with Gasteiger partial charge in [-0.05, 0) is 37.5 Å². The van der Waals surface area contributed by atoms with Crippen molar-refractivity contribution in [3.05, 3.63) is 0 Å². The van der Waals surface area contributed by atoms with E-state index >= 15 is 0 Å².